The molecule has 3 nitrogen and oxygen atoms in total. The minimum Gasteiger partial charge on any atom is -0.457 e. The summed E-state index contributed by atoms with van der Waals surface area (Å²) in [7, 11) is 0. The third-order valence-corrected chi connectivity index (χ3v) is 3.66. The molecule has 0 fully saturated rings. The maximum absolute atomic E-state index is 13.0. The van der Waals surface area contributed by atoms with Gasteiger partial charge in [0.15, 0.2) is 0 Å². The molecule has 3 aromatic carbocycles. The number of hydrogen-bond donors (Lipinski definition) is 2. The highest BCUT2D eigenvalue weighted by molar-refractivity contribution is 5.68. The molecule has 0 unspecified atom stereocenters. The average molecular weight is 344 g/mol. The van der Waals surface area contributed by atoms with Gasteiger partial charge in [-0.2, -0.15) is 13.2 Å². The van der Waals surface area contributed by atoms with Crippen molar-refractivity contribution in [2.24, 2.45) is 0 Å². The van der Waals surface area contributed by atoms with Gasteiger partial charge < -0.3 is 16.2 Å². The van der Waals surface area contributed by atoms with Crippen LogP contribution in [-0.2, 0) is 6.18 Å². The smallest absolute Gasteiger partial charge is 0.418 e. The number of halogens is 3. The summed E-state index contributed by atoms with van der Waals surface area (Å²) in [6, 6.07) is 17.5. The number of ether oxygens (including phenoxy) is 1. The topological polar surface area (TPSA) is 61.3 Å². The molecule has 0 saturated heterocycles. The van der Waals surface area contributed by atoms with E-state index < -0.39 is 11.7 Å². The van der Waals surface area contributed by atoms with Crippen LogP contribution in [-0.4, -0.2) is 0 Å². The Kier molecular flexibility index (Phi) is 4.27. The summed E-state index contributed by atoms with van der Waals surface area (Å²) in [6.45, 7) is 0. The van der Waals surface area contributed by atoms with Gasteiger partial charge in [0.1, 0.15) is 11.5 Å². The molecule has 128 valence electrons. The Bertz CT molecular complexity index is 873. The maximum atomic E-state index is 13.0. The zero-order valence-electron chi connectivity index (χ0n) is 13.0. The predicted molar refractivity (Wildman–Crippen MR) is 92.2 cm³/mol. The van der Waals surface area contributed by atoms with Crippen molar-refractivity contribution in [3.63, 3.8) is 0 Å². The van der Waals surface area contributed by atoms with Crippen molar-refractivity contribution >= 4 is 11.4 Å². The first kappa shape index (κ1) is 16.7. The molecular formula is C19H15F3N2O. The molecular weight excluding hydrogens is 329 g/mol. The standard InChI is InChI=1S/C19H15F3N2O/c20-19(21,22)17-11-13(3-10-18(17)24)12-1-6-15(7-2-12)25-16-8-4-14(23)5-9-16/h1-11H,23-24H2. The predicted octanol–water partition coefficient (Wildman–Crippen LogP) is 5.33. The molecule has 0 heterocycles. The van der Waals surface area contributed by atoms with E-state index in [2.05, 4.69) is 0 Å². The molecule has 3 rings (SSSR count). The van der Waals surface area contributed by atoms with Crippen molar-refractivity contribution in [3.05, 3.63) is 72.3 Å². The lowest BCUT2D eigenvalue weighted by molar-refractivity contribution is -0.136. The second-order valence-electron chi connectivity index (χ2n) is 5.50. The van der Waals surface area contributed by atoms with E-state index in [1.165, 1.54) is 6.07 Å². The normalized spacial score (nSPS) is 11.3. The lowest BCUT2D eigenvalue weighted by atomic mass is 10.0. The molecule has 0 aliphatic rings. The summed E-state index contributed by atoms with van der Waals surface area (Å²) in [5.74, 6) is 1.19. The number of anilines is 2. The molecule has 0 radical (unpaired) electrons. The van der Waals surface area contributed by atoms with Crippen molar-refractivity contribution in [2.45, 2.75) is 6.18 Å². The van der Waals surface area contributed by atoms with Gasteiger partial charge >= 0.3 is 6.18 Å². The van der Waals surface area contributed by atoms with Crippen LogP contribution in [0, 0.1) is 0 Å². The Labute approximate surface area is 142 Å². The van der Waals surface area contributed by atoms with Crippen molar-refractivity contribution < 1.29 is 17.9 Å². The highest BCUT2D eigenvalue weighted by Crippen LogP contribution is 2.36. The van der Waals surface area contributed by atoms with Gasteiger partial charge in [0.05, 0.1) is 5.56 Å². The van der Waals surface area contributed by atoms with Gasteiger partial charge in [-0.25, -0.2) is 0 Å². The second-order valence-corrected chi connectivity index (χ2v) is 5.50. The molecule has 0 atom stereocenters. The molecule has 0 amide bonds. The van der Waals surface area contributed by atoms with E-state index in [1.807, 2.05) is 0 Å². The second kappa shape index (κ2) is 6.39. The van der Waals surface area contributed by atoms with Gasteiger partial charge in [0, 0.05) is 11.4 Å². The summed E-state index contributed by atoms with van der Waals surface area (Å²) in [4.78, 5) is 0. The van der Waals surface area contributed by atoms with Crippen LogP contribution in [0.4, 0.5) is 24.5 Å². The average Bonchev–Trinajstić information content (AvgIpc) is 2.57. The van der Waals surface area contributed by atoms with Crippen molar-refractivity contribution in [3.8, 4) is 22.6 Å². The van der Waals surface area contributed by atoms with Gasteiger partial charge in [0.2, 0.25) is 0 Å². The third-order valence-electron chi connectivity index (χ3n) is 3.66. The fourth-order valence-corrected chi connectivity index (χ4v) is 2.37. The quantitative estimate of drug-likeness (QED) is 0.631. The van der Waals surface area contributed by atoms with E-state index in [-0.39, 0.29) is 5.69 Å². The molecule has 0 aliphatic heterocycles. The summed E-state index contributed by atoms with van der Waals surface area (Å²) < 4.78 is 44.6. The van der Waals surface area contributed by atoms with Crippen LogP contribution in [0.15, 0.2) is 66.7 Å². The Morgan fingerprint density at radius 1 is 0.680 bits per heavy atom. The van der Waals surface area contributed by atoms with Crippen molar-refractivity contribution in [1.29, 1.82) is 0 Å². The number of hydrogen-bond acceptors (Lipinski definition) is 3. The van der Waals surface area contributed by atoms with E-state index in [0.717, 1.165) is 6.07 Å². The van der Waals surface area contributed by atoms with Gasteiger partial charge in [-0.05, 0) is 59.7 Å². The van der Waals surface area contributed by atoms with Crippen LogP contribution in [0.25, 0.3) is 11.1 Å². The van der Waals surface area contributed by atoms with Crippen molar-refractivity contribution in [1.82, 2.24) is 0 Å². The minimum atomic E-state index is -4.49. The highest BCUT2D eigenvalue weighted by Gasteiger charge is 2.33. The van der Waals surface area contributed by atoms with Crippen LogP contribution in [0.2, 0.25) is 0 Å². The monoisotopic (exact) mass is 344 g/mol. The molecule has 0 aliphatic carbocycles. The SMILES string of the molecule is Nc1ccc(Oc2ccc(-c3ccc(N)c(C(F)(F)F)c3)cc2)cc1. The molecule has 4 N–H and O–H groups in total. The lowest BCUT2D eigenvalue weighted by Gasteiger charge is -2.12. The first-order chi connectivity index (χ1) is 11.8. The molecule has 25 heavy (non-hydrogen) atoms. The highest BCUT2D eigenvalue weighted by atomic mass is 19.4. The first-order valence-electron chi connectivity index (χ1n) is 7.43. The van der Waals surface area contributed by atoms with Crippen LogP contribution < -0.4 is 16.2 Å². The molecule has 0 aromatic heterocycles. The lowest BCUT2D eigenvalue weighted by Crippen LogP contribution is -2.08. The molecule has 3 aromatic rings. The summed E-state index contributed by atoms with van der Waals surface area (Å²) >= 11 is 0. The third kappa shape index (κ3) is 3.85. The largest absolute Gasteiger partial charge is 0.457 e. The zero-order chi connectivity index (χ0) is 18.0. The van der Waals surface area contributed by atoms with Crippen LogP contribution >= 0.6 is 0 Å². The fourth-order valence-electron chi connectivity index (χ4n) is 2.37. The summed E-state index contributed by atoms with van der Waals surface area (Å²) in [6.07, 6.45) is -4.49. The summed E-state index contributed by atoms with van der Waals surface area (Å²) in [5.41, 5.74) is 11.6. The molecule has 0 bridgehead atoms. The Balaban J connectivity index is 1.84. The number of alkyl halides is 3. The fraction of sp³-hybridized carbons (Fsp3) is 0.0526. The minimum absolute atomic E-state index is 0.292. The van der Waals surface area contributed by atoms with Crippen LogP contribution in [0.3, 0.4) is 0 Å². The van der Waals surface area contributed by atoms with Gasteiger partial charge in [-0.15, -0.1) is 0 Å². The Morgan fingerprint density at radius 3 is 1.76 bits per heavy atom. The number of nitrogen functional groups attached to an aromatic ring is 2. The number of benzene rings is 3. The van der Waals surface area contributed by atoms with E-state index in [0.29, 0.717) is 28.3 Å². The van der Waals surface area contributed by atoms with Crippen LogP contribution in [0.5, 0.6) is 11.5 Å². The summed E-state index contributed by atoms with van der Waals surface area (Å²) in [5, 5.41) is 0. The van der Waals surface area contributed by atoms with Crippen molar-refractivity contribution in [2.75, 3.05) is 11.5 Å². The van der Waals surface area contributed by atoms with E-state index in [1.54, 1.807) is 54.6 Å². The van der Waals surface area contributed by atoms with Gasteiger partial charge in [-0.3, -0.25) is 0 Å². The van der Waals surface area contributed by atoms with Crippen LogP contribution in [0.1, 0.15) is 5.56 Å². The van der Waals surface area contributed by atoms with E-state index in [9.17, 15) is 13.2 Å². The zero-order valence-corrected chi connectivity index (χ0v) is 13.0. The number of nitrogens with two attached hydrogens (primary N) is 2. The first-order valence-corrected chi connectivity index (χ1v) is 7.43. The van der Waals surface area contributed by atoms with E-state index in [4.69, 9.17) is 16.2 Å². The Morgan fingerprint density at radius 2 is 1.20 bits per heavy atom. The molecule has 6 heteroatoms. The molecule has 0 spiro atoms. The number of rotatable bonds is 3. The maximum Gasteiger partial charge on any atom is 0.418 e. The van der Waals surface area contributed by atoms with Gasteiger partial charge in [-0.1, -0.05) is 18.2 Å². The Hall–Kier alpha value is -3.15. The van der Waals surface area contributed by atoms with E-state index >= 15 is 0 Å². The molecule has 0 saturated carbocycles. The van der Waals surface area contributed by atoms with Gasteiger partial charge in [0.25, 0.3) is 0 Å².